The molecule has 1 unspecified atom stereocenters. The minimum atomic E-state index is -4.79. The van der Waals surface area contributed by atoms with Gasteiger partial charge in [0.1, 0.15) is 5.75 Å². The summed E-state index contributed by atoms with van der Waals surface area (Å²) >= 11 is 5.44. The van der Waals surface area contributed by atoms with Crippen LogP contribution in [0.15, 0.2) is 18.2 Å². The highest BCUT2D eigenvalue weighted by atomic mass is 35.5. The summed E-state index contributed by atoms with van der Waals surface area (Å²) in [5, 5.41) is -1.22. The molecule has 106 valence electrons. The third-order valence-electron chi connectivity index (χ3n) is 2.15. The van der Waals surface area contributed by atoms with Crippen LogP contribution in [0, 0.1) is 0 Å². The van der Waals surface area contributed by atoms with Gasteiger partial charge in [-0.25, -0.2) is 0 Å². The standard InChI is InChI=1S/C11H8ClF5O2/c1-5(12)9(18)7-4-6(19-10(13)14)2-3-8(7)11(15,16)17/h2-5,10H,1H3. The zero-order valence-corrected chi connectivity index (χ0v) is 10.2. The Labute approximate surface area is 110 Å². The van der Waals surface area contributed by atoms with Gasteiger partial charge in [0.05, 0.1) is 10.9 Å². The molecule has 0 saturated heterocycles. The maximum atomic E-state index is 12.7. The summed E-state index contributed by atoms with van der Waals surface area (Å²) in [6.45, 7) is -2.02. The van der Waals surface area contributed by atoms with Gasteiger partial charge in [0.2, 0.25) is 0 Å². The van der Waals surface area contributed by atoms with Gasteiger partial charge in [0.15, 0.2) is 5.78 Å². The predicted octanol–water partition coefficient (Wildman–Crippen LogP) is 4.12. The highest BCUT2D eigenvalue weighted by molar-refractivity contribution is 6.33. The number of carbonyl (C=O) groups is 1. The van der Waals surface area contributed by atoms with E-state index < -0.39 is 40.8 Å². The molecule has 0 fully saturated rings. The van der Waals surface area contributed by atoms with E-state index in [2.05, 4.69) is 4.74 Å². The fourth-order valence-electron chi connectivity index (χ4n) is 1.36. The van der Waals surface area contributed by atoms with Gasteiger partial charge in [-0.1, -0.05) is 0 Å². The van der Waals surface area contributed by atoms with Crippen molar-refractivity contribution in [2.75, 3.05) is 0 Å². The van der Waals surface area contributed by atoms with E-state index in [4.69, 9.17) is 11.6 Å². The second kappa shape index (κ2) is 5.73. The van der Waals surface area contributed by atoms with Crippen LogP contribution in [0.3, 0.4) is 0 Å². The van der Waals surface area contributed by atoms with E-state index in [-0.39, 0.29) is 0 Å². The molecule has 2 nitrogen and oxygen atoms in total. The van der Waals surface area contributed by atoms with Crippen molar-refractivity contribution in [3.05, 3.63) is 29.3 Å². The molecule has 0 aliphatic carbocycles. The molecule has 0 aliphatic heterocycles. The zero-order chi connectivity index (χ0) is 14.8. The number of carbonyl (C=O) groups excluding carboxylic acids is 1. The molecule has 0 radical (unpaired) electrons. The normalized spacial score (nSPS) is 13.5. The number of hydrogen-bond donors (Lipinski definition) is 0. The van der Waals surface area contributed by atoms with Gasteiger partial charge >= 0.3 is 12.8 Å². The Morgan fingerprint density at radius 1 is 1.32 bits per heavy atom. The van der Waals surface area contributed by atoms with Crippen molar-refractivity contribution < 1.29 is 31.5 Å². The molecule has 8 heteroatoms. The monoisotopic (exact) mass is 302 g/mol. The fourth-order valence-corrected chi connectivity index (χ4v) is 1.48. The fraction of sp³-hybridized carbons (Fsp3) is 0.364. The minimum Gasteiger partial charge on any atom is -0.435 e. The van der Waals surface area contributed by atoms with E-state index in [1.54, 1.807) is 0 Å². The topological polar surface area (TPSA) is 26.3 Å². The molecule has 0 aromatic heterocycles. The number of ketones is 1. The highest BCUT2D eigenvalue weighted by Crippen LogP contribution is 2.35. The molecule has 1 atom stereocenters. The largest absolute Gasteiger partial charge is 0.435 e. The summed E-state index contributed by atoms with van der Waals surface area (Å²) in [5.74, 6) is -1.56. The number of benzene rings is 1. The van der Waals surface area contributed by atoms with Gasteiger partial charge in [-0.2, -0.15) is 22.0 Å². The number of hydrogen-bond acceptors (Lipinski definition) is 2. The van der Waals surface area contributed by atoms with E-state index in [0.717, 1.165) is 0 Å². The van der Waals surface area contributed by atoms with Crippen molar-refractivity contribution >= 4 is 17.4 Å². The number of alkyl halides is 6. The van der Waals surface area contributed by atoms with Crippen molar-refractivity contribution in [1.29, 1.82) is 0 Å². The molecule has 0 heterocycles. The molecule has 19 heavy (non-hydrogen) atoms. The first-order valence-corrected chi connectivity index (χ1v) is 5.41. The van der Waals surface area contributed by atoms with Gasteiger partial charge in [-0.3, -0.25) is 4.79 Å². The molecular weight excluding hydrogens is 295 g/mol. The second-order valence-corrected chi connectivity index (χ2v) is 4.22. The van der Waals surface area contributed by atoms with Crippen LogP contribution >= 0.6 is 11.6 Å². The average molecular weight is 303 g/mol. The minimum absolute atomic E-state index is 0.504. The van der Waals surface area contributed by atoms with Gasteiger partial charge < -0.3 is 4.74 Å². The first kappa shape index (κ1) is 15.7. The van der Waals surface area contributed by atoms with E-state index in [0.29, 0.717) is 18.2 Å². The Kier molecular flexibility index (Phi) is 4.73. The summed E-state index contributed by atoms with van der Waals surface area (Å²) in [4.78, 5) is 11.6. The SMILES string of the molecule is CC(Cl)C(=O)c1cc(OC(F)F)ccc1C(F)(F)F. The van der Waals surface area contributed by atoms with E-state index >= 15 is 0 Å². The third-order valence-corrected chi connectivity index (χ3v) is 2.35. The van der Waals surface area contributed by atoms with E-state index in [1.807, 2.05) is 0 Å². The predicted molar refractivity (Wildman–Crippen MR) is 57.7 cm³/mol. The molecule has 0 saturated carbocycles. The summed E-state index contributed by atoms with van der Waals surface area (Å²) in [6.07, 6.45) is -4.79. The van der Waals surface area contributed by atoms with Crippen LogP contribution in [0.25, 0.3) is 0 Å². The molecule has 0 bridgehead atoms. The van der Waals surface area contributed by atoms with Crippen LogP contribution in [0.2, 0.25) is 0 Å². The molecule has 0 amide bonds. The lowest BCUT2D eigenvalue weighted by atomic mass is 10.0. The lowest BCUT2D eigenvalue weighted by Crippen LogP contribution is -2.18. The van der Waals surface area contributed by atoms with Crippen molar-refractivity contribution in [2.45, 2.75) is 25.1 Å². The molecule has 1 rings (SSSR count). The third kappa shape index (κ3) is 4.05. The Morgan fingerprint density at radius 3 is 2.32 bits per heavy atom. The Balaban J connectivity index is 3.30. The van der Waals surface area contributed by atoms with E-state index in [1.165, 1.54) is 6.92 Å². The van der Waals surface area contributed by atoms with Crippen LogP contribution in [0.4, 0.5) is 22.0 Å². The lowest BCUT2D eigenvalue weighted by Gasteiger charge is -2.14. The highest BCUT2D eigenvalue weighted by Gasteiger charge is 2.36. The zero-order valence-electron chi connectivity index (χ0n) is 9.47. The number of ether oxygens (including phenoxy) is 1. The summed E-state index contributed by atoms with van der Waals surface area (Å²) < 4.78 is 66.0. The summed E-state index contributed by atoms with van der Waals surface area (Å²) in [7, 11) is 0. The maximum absolute atomic E-state index is 12.7. The molecule has 1 aromatic rings. The number of rotatable bonds is 4. The average Bonchev–Trinajstić information content (AvgIpc) is 2.25. The van der Waals surface area contributed by atoms with Gasteiger partial charge in [0.25, 0.3) is 0 Å². The van der Waals surface area contributed by atoms with Crippen molar-refractivity contribution in [1.82, 2.24) is 0 Å². The number of Topliss-reactive ketones (excluding diaryl/α,β-unsaturated/α-hetero) is 1. The van der Waals surface area contributed by atoms with Crippen molar-refractivity contribution in [2.24, 2.45) is 0 Å². The van der Waals surface area contributed by atoms with Crippen LogP contribution in [-0.4, -0.2) is 17.8 Å². The summed E-state index contributed by atoms with van der Waals surface area (Å²) in [6, 6.07) is 1.82. The Morgan fingerprint density at radius 2 is 1.89 bits per heavy atom. The van der Waals surface area contributed by atoms with Crippen LogP contribution in [-0.2, 0) is 6.18 Å². The van der Waals surface area contributed by atoms with Crippen LogP contribution < -0.4 is 4.74 Å². The quantitative estimate of drug-likeness (QED) is 0.475. The number of halogens is 6. The van der Waals surface area contributed by atoms with Crippen LogP contribution in [0.1, 0.15) is 22.8 Å². The van der Waals surface area contributed by atoms with Gasteiger partial charge in [0, 0.05) is 5.56 Å². The maximum Gasteiger partial charge on any atom is 0.417 e. The Hall–Kier alpha value is -1.37. The lowest BCUT2D eigenvalue weighted by molar-refractivity contribution is -0.137. The van der Waals surface area contributed by atoms with Crippen molar-refractivity contribution in [3.8, 4) is 5.75 Å². The molecule has 0 aliphatic rings. The van der Waals surface area contributed by atoms with Crippen LogP contribution in [0.5, 0.6) is 5.75 Å². The van der Waals surface area contributed by atoms with E-state index in [9.17, 15) is 26.7 Å². The smallest absolute Gasteiger partial charge is 0.417 e. The second-order valence-electron chi connectivity index (χ2n) is 3.56. The molecule has 1 aromatic carbocycles. The van der Waals surface area contributed by atoms with Crippen molar-refractivity contribution in [3.63, 3.8) is 0 Å². The summed E-state index contributed by atoms with van der Waals surface area (Å²) in [5.41, 5.74) is -2.04. The first-order valence-electron chi connectivity index (χ1n) is 4.97. The Bertz CT molecular complexity index is 471. The molecular formula is C11H8ClF5O2. The molecule has 0 N–H and O–H groups in total. The first-order chi connectivity index (χ1) is 8.62. The van der Waals surface area contributed by atoms with Gasteiger partial charge in [-0.15, -0.1) is 11.6 Å². The molecule has 0 spiro atoms. The van der Waals surface area contributed by atoms with Gasteiger partial charge in [-0.05, 0) is 25.1 Å².